The summed E-state index contributed by atoms with van der Waals surface area (Å²) in [6.07, 6.45) is 22.1. The van der Waals surface area contributed by atoms with Crippen LogP contribution in [0.5, 0.6) is 0 Å². The number of hydrogen-bond acceptors (Lipinski definition) is 0. The van der Waals surface area contributed by atoms with E-state index in [-0.39, 0.29) is 0 Å². The molecule has 0 saturated carbocycles. The Balaban J connectivity index is 0.000000235. The summed E-state index contributed by atoms with van der Waals surface area (Å²) in [5, 5.41) is 0. The van der Waals surface area contributed by atoms with Crippen LogP contribution in [0, 0.1) is 11.8 Å². The third-order valence-corrected chi connectivity index (χ3v) is 6.65. The average Bonchev–Trinajstić information content (AvgIpc) is 3.19. The van der Waals surface area contributed by atoms with E-state index in [0.717, 1.165) is 19.3 Å². The topological polar surface area (TPSA) is 0 Å². The van der Waals surface area contributed by atoms with Crippen LogP contribution in [-0.4, -0.2) is 0 Å². The van der Waals surface area contributed by atoms with Gasteiger partial charge in [-0.05, 0) is 59.8 Å². The standard InChI is InChI=1S/C22H24.C11H16/c1-17(2)22(20-10-4-3-5-11-20)21-14-12-19(13-15-21)16-18-8-6-7-9-18;1-3-10(2)11-8-6-4-5-7-9-11/h3-8,10-15,17,22H,9,16H2,1-2H3;4-6,8-10H,3,7H2,1-2H3. The van der Waals surface area contributed by atoms with E-state index < -0.39 is 0 Å². The number of hydrogen-bond donors (Lipinski definition) is 0. The third-order valence-electron chi connectivity index (χ3n) is 6.65. The molecule has 0 spiro atoms. The molecule has 0 aromatic heterocycles. The monoisotopic (exact) mass is 436 g/mol. The number of rotatable bonds is 7. The van der Waals surface area contributed by atoms with E-state index >= 15 is 0 Å². The molecule has 0 nitrogen and oxygen atoms in total. The first kappa shape index (κ1) is 24.8. The molecule has 2 atom stereocenters. The molecule has 2 aromatic carbocycles. The molecule has 2 aliphatic rings. The number of allylic oxidation sites excluding steroid dienone is 10. The van der Waals surface area contributed by atoms with Crippen LogP contribution in [0.1, 0.15) is 69.6 Å². The van der Waals surface area contributed by atoms with Gasteiger partial charge in [-0.2, -0.15) is 0 Å². The first-order valence-corrected chi connectivity index (χ1v) is 12.6. The summed E-state index contributed by atoms with van der Waals surface area (Å²) in [5.41, 5.74) is 7.24. The average molecular weight is 437 g/mol. The third kappa shape index (κ3) is 7.60. The SMILES string of the molecule is CC(C)C(c1ccccc1)c1ccc(CC2=CC=CC2)cc1.CCC(C)C1=CCC=CC=C1. The van der Waals surface area contributed by atoms with Crippen molar-refractivity contribution in [3.05, 3.63) is 131 Å². The quantitative estimate of drug-likeness (QED) is 0.405. The van der Waals surface area contributed by atoms with Gasteiger partial charge in [0.25, 0.3) is 0 Å². The van der Waals surface area contributed by atoms with Gasteiger partial charge in [-0.15, -0.1) is 0 Å². The number of benzene rings is 2. The van der Waals surface area contributed by atoms with Crippen LogP contribution in [0.3, 0.4) is 0 Å². The van der Waals surface area contributed by atoms with E-state index in [9.17, 15) is 0 Å². The maximum absolute atomic E-state index is 2.32. The Kier molecular flexibility index (Phi) is 9.76. The molecule has 0 fully saturated rings. The molecule has 2 aliphatic carbocycles. The lowest BCUT2D eigenvalue weighted by atomic mass is 9.82. The Hall–Kier alpha value is -2.86. The smallest absolute Gasteiger partial charge is 0.0112 e. The molecule has 2 unspecified atom stereocenters. The van der Waals surface area contributed by atoms with Crippen molar-refractivity contribution >= 4 is 0 Å². The van der Waals surface area contributed by atoms with Gasteiger partial charge in [0.1, 0.15) is 0 Å². The predicted molar refractivity (Wildman–Crippen MR) is 146 cm³/mol. The molecule has 4 rings (SSSR count). The van der Waals surface area contributed by atoms with Crippen LogP contribution < -0.4 is 0 Å². The summed E-state index contributed by atoms with van der Waals surface area (Å²) in [4.78, 5) is 0. The van der Waals surface area contributed by atoms with Crippen LogP contribution in [0.2, 0.25) is 0 Å². The molecule has 0 saturated heterocycles. The maximum atomic E-state index is 2.32. The van der Waals surface area contributed by atoms with E-state index in [1.807, 2.05) is 0 Å². The Labute approximate surface area is 202 Å². The van der Waals surface area contributed by atoms with E-state index in [2.05, 4.69) is 131 Å². The van der Waals surface area contributed by atoms with Crippen molar-refractivity contribution in [3.63, 3.8) is 0 Å². The predicted octanol–water partition coefficient (Wildman–Crippen LogP) is 9.38. The minimum atomic E-state index is 0.475. The van der Waals surface area contributed by atoms with Gasteiger partial charge in [0.05, 0.1) is 0 Å². The van der Waals surface area contributed by atoms with Gasteiger partial charge in [-0.25, -0.2) is 0 Å². The molecule has 0 radical (unpaired) electrons. The van der Waals surface area contributed by atoms with Crippen LogP contribution in [0.25, 0.3) is 0 Å². The van der Waals surface area contributed by atoms with E-state index in [4.69, 9.17) is 0 Å². The minimum Gasteiger partial charge on any atom is -0.0807 e. The van der Waals surface area contributed by atoms with E-state index in [1.54, 1.807) is 0 Å². The van der Waals surface area contributed by atoms with E-state index in [1.165, 1.54) is 34.3 Å². The second-order valence-electron chi connectivity index (χ2n) is 9.54. The fourth-order valence-electron chi connectivity index (χ4n) is 4.55. The van der Waals surface area contributed by atoms with Crippen LogP contribution in [0.4, 0.5) is 0 Å². The van der Waals surface area contributed by atoms with Crippen molar-refractivity contribution < 1.29 is 0 Å². The highest BCUT2D eigenvalue weighted by Crippen LogP contribution is 2.32. The lowest BCUT2D eigenvalue weighted by molar-refractivity contribution is 0.564. The van der Waals surface area contributed by atoms with Gasteiger partial charge in [-0.3, -0.25) is 0 Å². The summed E-state index contributed by atoms with van der Waals surface area (Å²) in [6, 6.07) is 20.1. The highest BCUT2D eigenvalue weighted by molar-refractivity contribution is 5.37. The van der Waals surface area contributed by atoms with Crippen molar-refractivity contribution in [3.8, 4) is 0 Å². The molecule has 0 amide bonds. The molecule has 33 heavy (non-hydrogen) atoms. The summed E-state index contributed by atoms with van der Waals surface area (Å²) in [6.45, 7) is 9.13. The summed E-state index contributed by atoms with van der Waals surface area (Å²) < 4.78 is 0. The van der Waals surface area contributed by atoms with Gasteiger partial charge >= 0.3 is 0 Å². The zero-order valence-corrected chi connectivity index (χ0v) is 20.9. The lowest BCUT2D eigenvalue weighted by Crippen LogP contribution is -2.08. The van der Waals surface area contributed by atoms with Gasteiger partial charge in [0.15, 0.2) is 0 Å². The van der Waals surface area contributed by atoms with Gasteiger partial charge in [0.2, 0.25) is 0 Å². The highest BCUT2D eigenvalue weighted by Gasteiger charge is 2.17. The molecule has 0 aliphatic heterocycles. The molecular weight excluding hydrogens is 396 g/mol. The second-order valence-corrected chi connectivity index (χ2v) is 9.54. The molecule has 0 N–H and O–H groups in total. The molecule has 0 heteroatoms. The summed E-state index contributed by atoms with van der Waals surface area (Å²) in [7, 11) is 0. The zero-order chi connectivity index (χ0) is 23.5. The second kappa shape index (κ2) is 13.0. The molecular formula is C33H40. The van der Waals surface area contributed by atoms with Crippen LogP contribution in [0.15, 0.2) is 114 Å². The van der Waals surface area contributed by atoms with Crippen molar-refractivity contribution in [1.82, 2.24) is 0 Å². The Morgan fingerprint density at radius 3 is 2.15 bits per heavy atom. The molecule has 0 bridgehead atoms. The Morgan fingerprint density at radius 2 is 1.52 bits per heavy atom. The summed E-state index contributed by atoms with van der Waals surface area (Å²) >= 11 is 0. The normalized spacial score (nSPS) is 16.5. The summed E-state index contributed by atoms with van der Waals surface area (Å²) in [5.74, 6) is 1.78. The Morgan fingerprint density at radius 1 is 0.788 bits per heavy atom. The molecule has 172 valence electrons. The van der Waals surface area contributed by atoms with Gasteiger partial charge in [0, 0.05) is 5.92 Å². The Bertz CT molecular complexity index is 994. The molecule has 0 heterocycles. The van der Waals surface area contributed by atoms with Gasteiger partial charge in [-0.1, -0.05) is 136 Å². The first-order valence-electron chi connectivity index (χ1n) is 12.6. The maximum Gasteiger partial charge on any atom is 0.0112 e. The van der Waals surface area contributed by atoms with Crippen LogP contribution in [-0.2, 0) is 6.42 Å². The highest BCUT2D eigenvalue weighted by atomic mass is 14.2. The van der Waals surface area contributed by atoms with Crippen molar-refractivity contribution in [1.29, 1.82) is 0 Å². The van der Waals surface area contributed by atoms with Crippen molar-refractivity contribution in [2.75, 3.05) is 0 Å². The first-order chi connectivity index (χ1) is 16.1. The lowest BCUT2D eigenvalue weighted by Gasteiger charge is -2.22. The van der Waals surface area contributed by atoms with Crippen molar-refractivity contribution in [2.45, 2.75) is 59.3 Å². The molecule has 2 aromatic rings. The fraction of sp³-hybridized carbons (Fsp3) is 0.333. The van der Waals surface area contributed by atoms with Crippen molar-refractivity contribution in [2.24, 2.45) is 11.8 Å². The van der Waals surface area contributed by atoms with Gasteiger partial charge < -0.3 is 0 Å². The minimum absolute atomic E-state index is 0.475. The zero-order valence-electron chi connectivity index (χ0n) is 20.9. The largest absolute Gasteiger partial charge is 0.0807 e. The van der Waals surface area contributed by atoms with Crippen LogP contribution >= 0.6 is 0 Å². The fourth-order valence-corrected chi connectivity index (χ4v) is 4.55. The van der Waals surface area contributed by atoms with E-state index in [0.29, 0.717) is 17.8 Å².